The first kappa shape index (κ1) is 18.3. The lowest BCUT2D eigenvalue weighted by Gasteiger charge is -2.03. The van der Waals surface area contributed by atoms with Gasteiger partial charge in [0.15, 0.2) is 15.9 Å². The Hall–Kier alpha value is -2.09. The van der Waals surface area contributed by atoms with E-state index in [-0.39, 0.29) is 23.1 Å². The number of aromatic nitrogens is 1. The van der Waals surface area contributed by atoms with Gasteiger partial charge in [0, 0.05) is 11.2 Å². The van der Waals surface area contributed by atoms with Crippen LogP contribution in [-0.4, -0.2) is 11.2 Å². The van der Waals surface area contributed by atoms with Crippen molar-refractivity contribution < 1.29 is 0 Å². The molecule has 120 valence electrons. The van der Waals surface area contributed by atoms with Crippen molar-refractivity contribution in [3.05, 3.63) is 60.7 Å². The maximum Gasteiger partial charge on any atom is 0.185 e. The Morgan fingerprint density at radius 1 is 1.21 bits per heavy atom. The molecule has 0 saturated carbocycles. The minimum atomic E-state index is -0.0424. The van der Waals surface area contributed by atoms with Crippen LogP contribution in [-0.2, 0) is 6.54 Å². The Morgan fingerprint density at radius 2 is 1.92 bits per heavy atom. The Balaban J connectivity index is 2.17. The molecule has 24 heavy (non-hydrogen) atoms. The minimum Gasteiger partial charge on any atom is -0.369 e. The highest BCUT2D eigenvalue weighted by Gasteiger charge is 2.10. The van der Waals surface area contributed by atoms with E-state index in [9.17, 15) is 10.5 Å². The summed E-state index contributed by atoms with van der Waals surface area (Å²) in [7, 11) is 0. The number of thiazole rings is 1. The molecule has 1 aromatic carbocycles. The highest BCUT2D eigenvalue weighted by molar-refractivity contribution is 7.16. The molecule has 0 spiro atoms. The van der Waals surface area contributed by atoms with Crippen LogP contribution in [0.3, 0.4) is 0 Å². The van der Waals surface area contributed by atoms with Crippen molar-refractivity contribution in [3.63, 3.8) is 0 Å². The van der Waals surface area contributed by atoms with Crippen LogP contribution in [0.4, 0.5) is 0 Å². The van der Waals surface area contributed by atoms with E-state index in [2.05, 4.69) is 15.3 Å². The summed E-state index contributed by atoms with van der Waals surface area (Å²) in [4.78, 5) is 8.58. The summed E-state index contributed by atoms with van der Waals surface area (Å²) in [5, 5.41) is 22.1. The number of benzene rings is 1. The molecule has 0 fully saturated rings. The fourth-order valence-electron chi connectivity index (χ4n) is 1.60. The fourth-order valence-corrected chi connectivity index (χ4v) is 3.06. The molecule has 0 aliphatic carbocycles. The third-order valence-electron chi connectivity index (χ3n) is 2.72. The smallest absolute Gasteiger partial charge is 0.185 e. The number of aliphatic imine (C=N–C) groups is 1. The Kier molecular flexibility index (Phi) is 6.60. The van der Waals surface area contributed by atoms with Crippen LogP contribution in [0.5, 0.6) is 0 Å². The number of halogens is 3. The number of nitrogens with one attached hydrogen (secondary N) is 1. The molecule has 5 nitrogen and oxygen atoms in total. The molecule has 1 heterocycles. The van der Waals surface area contributed by atoms with Gasteiger partial charge >= 0.3 is 0 Å². The van der Waals surface area contributed by atoms with Gasteiger partial charge in [0.1, 0.15) is 17.3 Å². The molecule has 1 N–H and O–H groups in total. The predicted octanol–water partition coefficient (Wildman–Crippen LogP) is 4.57. The summed E-state index contributed by atoms with van der Waals surface area (Å²) >= 11 is 18.7. The molecule has 0 unspecified atom stereocenters. The van der Waals surface area contributed by atoms with E-state index in [0.29, 0.717) is 14.4 Å². The van der Waals surface area contributed by atoms with Crippen LogP contribution in [0.25, 0.3) is 0 Å². The molecule has 0 aliphatic heterocycles. The SMILES string of the molecule is N#C/C(N=Cc1ccc(Cl)cc1)=C(\C#N)NCc1sc(Cl)nc1Cl. The van der Waals surface area contributed by atoms with E-state index < -0.39 is 0 Å². The van der Waals surface area contributed by atoms with Crippen LogP contribution in [0, 0.1) is 22.7 Å². The first-order valence-corrected chi connectivity index (χ1v) is 8.37. The lowest BCUT2D eigenvalue weighted by molar-refractivity contribution is 0.839. The van der Waals surface area contributed by atoms with E-state index in [1.54, 1.807) is 24.3 Å². The molecule has 0 amide bonds. The van der Waals surface area contributed by atoms with Gasteiger partial charge < -0.3 is 5.32 Å². The minimum absolute atomic E-state index is 0.0308. The van der Waals surface area contributed by atoms with Crippen molar-refractivity contribution in [1.82, 2.24) is 10.3 Å². The van der Waals surface area contributed by atoms with E-state index in [4.69, 9.17) is 34.8 Å². The molecule has 2 rings (SSSR count). The van der Waals surface area contributed by atoms with Gasteiger partial charge in [-0.25, -0.2) is 9.98 Å². The third kappa shape index (κ3) is 4.95. The van der Waals surface area contributed by atoms with Crippen molar-refractivity contribution >= 4 is 52.4 Å². The number of allylic oxidation sites excluding steroid dienone is 2. The van der Waals surface area contributed by atoms with Crippen molar-refractivity contribution in [2.45, 2.75) is 6.54 Å². The van der Waals surface area contributed by atoms with Crippen molar-refractivity contribution in [3.8, 4) is 12.1 Å². The van der Waals surface area contributed by atoms with Crippen LogP contribution in [0.2, 0.25) is 14.6 Å². The van der Waals surface area contributed by atoms with E-state index in [1.165, 1.54) is 17.6 Å². The maximum atomic E-state index is 9.23. The molecule has 0 bridgehead atoms. The van der Waals surface area contributed by atoms with Gasteiger partial charge in [-0.15, -0.1) is 11.3 Å². The molecule has 9 heteroatoms. The van der Waals surface area contributed by atoms with Gasteiger partial charge in [0.2, 0.25) is 0 Å². The normalized spacial score (nSPS) is 11.7. The zero-order valence-corrected chi connectivity index (χ0v) is 15.0. The average molecular weight is 397 g/mol. The second-order valence-electron chi connectivity index (χ2n) is 4.29. The topological polar surface area (TPSA) is 84.9 Å². The monoisotopic (exact) mass is 395 g/mol. The van der Waals surface area contributed by atoms with Gasteiger partial charge in [-0.05, 0) is 17.7 Å². The van der Waals surface area contributed by atoms with E-state index >= 15 is 0 Å². The lowest BCUT2D eigenvalue weighted by atomic mass is 10.2. The van der Waals surface area contributed by atoms with Gasteiger partial charge in [-0.3, -0.25) is 0 Å². The molecule has 2 aromatic rings. The van der Waals surface area contributed by atoms with Crippen LogP contribution in [0.1, 0.15) is 10.4 Å². The number of rotatable bonds is 5. The number of hydrogen-bond donors (Lipinski definition) is 1. The maximum absolute atomic E-state index is 9.23. The zero-order valence-electron chi connectivity index (χ0n) is 11.9. The van der Waals surface area contributed by atoms with Gasteiger partial charge in [0.25, 0.3) is 0 Å². The van der Waals surface area contributed by atoms with Crippen LogP contribution in [0.15, 0.2) is 40.7 Å². The predicted molar refractivity (Wildman–Crippen MR) is 96.3 cm³/mol. The Bertz CT molecular complexity index is 872. The first-order chi connectivity index (χ1) is 11.5. The van der Waals surface area contributed by atoms with E-state index in [1.807, 2.05) is 12.1 Å². The summed E-state index contributed by atoms with van der Waals surface area (Å²) in [6.07, 6.45) is 1.48. The zero-order chi connectivity index (χ0) is 17.5. The molecule has 0 aliphatic rings. The second-order valence-corrected chi connectivity index (χ2v) is 6.75. The molecular formula is C15H8Cl3N5S. The highest BCUT2D eigenvalue weighted by Crippen LogP contribution is 2.26. The highest BCUT2D eigenvalue weighted by atomic mass is 35.5. The molecular weight excluding hydrogens is 389 g/mol. The average Bonchev–Trinajstić information content (AvgIpc) is 2.89. The van der Waals surface area contributed by atoms with Crippen LogP contribution >= 0.6 is 46.1 Å². The summed E-state index contributed by atoms with van der Waals surface area (Å²) in [6.45, 7) is 0.216. The molecule has 0 radical (unpaired) electrons. The van der Waals surface area contributed by atoms with Gasteiger partial charge in [-0.1, -0.05) is 46.9 Å². The first-order valence-electron chi connectivity index (χ1n) is 6.42. The number of nitrogens with zero attached hydrogens (tertiary/aromatic N) is 4. The number of nitriles is 2. The standard InChI is InChI=1S/C15H8Cl3N5S/c16-10-3-1-9(2-4-10)7-21-11(5-19)12(6-20)22-8-13-14(17)23-15(18)24-13/h1-4,7,22H,8H2/b12-11-,21-7?. The summed E-state index contributed by atoms with van der Waals surface area (Å²) in [6, 6.07) is 10.7. The molecule has 0 saturated heterocycles. The van der Waals surface area contributed by atoms with Crippen molar-refractivity contribution in [2.24, 2.45) is 4.99 Å². The Morgan fingerprint density at radius 3 is 2.46 bits per heavy atom. The summed E-state index contributed by atoms with van der Waals surface area (Å²) in [5.74, 6) is 0. The number of hydrogen-bond acceptors (Lipinski definition) is 6. The van der Waals surface area contributed by atoms with E-state index in [0.717, 1.165) is 5.56 Å². The largest absolute Gasteiger partial charge is 0.369 e. The van der Waals surface area contributed by atoms with Crippen molar-refractivity contribution in [2.75, 3.05) is 0 Å². The van der Waals surface area contributed by atoms with Crippen molar-refractivity contribution in [1.29, 1.82) is 10.5 Å². The summed E-state index contributed by atoms with van der Waals surface area (Å²) in [5.41, 5.74) is 0.740. The third-order valence-corrected chi connectivity index (χ3v) is 4.55. The fraction of sp³-hybridized carbons (Fsp3) is 0.0667. The lowest BCUT2D eigenvalue weighted by Crippen LogP contribution is -2.12. The molecule has 1 aromatic heterocycles. The van der Waals surface area contributed by atoms with Crippen LogP contribution < -0.4 is 5.32 Å². The van der Waals surface area contributed by atoms with Gasteiger partial charge in [0.05, 0.1) is 11.4 Å². The Labute approximate surface area is 157 Å². The summed E-state index contributed by atoms with van der Waals surface area (Å²) < 4.78 is 0.306. The molecule has 0 atom stereocenters. The quantitative estimate of drug-likeness (QED) is 0.592. The second kappa shape index (κ2) is 8.68. The van der Waals surface area contributed by atoms with Gasteiger partial charge in [-0.2, -0.15) is 10.5 Å².